The number of rotatable bonds is 3. The smallest absolute Gasteiger partial charge is 0.150 e. The highest BCUT2D eigenvalue weighted by Crippen LogP contribution is 2.41. The number of carbonyl (C=O) groups is 1. The fraction of sp³-hybridized carbons (Fsp3) is 0.235. The van der Waals surface area contributed by atoms with E-state index in [4.69, 9.17) is 0 Å². The summed E-state index contributed by atoms with van der Waals surface area (Å²) in [5.74, 6) is 0.271. The Bertz CT molecular complexity index is 614. The maximum absolute atomic E-state index is 14.0. The van der Waals surface area contributed by atoms with Crippen molar-refractivity contribution in [3.63, 3.8) is 0 Å². The van der Waals surface area contributed by atoms with Crippen LogP contribution in [0.25, 0.3) is 11.1 Å². The second-order valence-corrected chi connectivity index (χ2v) is 5.07. The van der Waals surface area contributed by atoms with Crippen LogP contribution in [0.1, 0.15) is 41.1 Å². The Kier molecular flexibility index (Phi) is 3.16. The van der Waals surface area contributed by atoms with Crippen LogP contribution in [0.15, 0.2) is 42.5 Å². The molecule has 0 unspecified atom stereocenters. The van der Waals surface area contributed by atoms with E-state index < -0.39 is 0 Å². The van der Waals surface area contributed by atoms with Crippen LogP contribution in [-0.4, -0.2) is 6.29 Å². The summed E-state index contributed by atoms with van der Waals surface area (Å²) in [7, 11) is 0. The van der Waals surface area contributed by atoms with Crippen molar-refractivity contribution in [1.82, 2.24) is 0 Å². The summed E-state index contributed by atoms with van der Waals surface area (Å²) in [6.07, 6.45) is 4.35. The number of halogens is 1. The van der Waals surface area contributed by atoms with Crippen LogP contribution >= 0.6 is 0 Å². The lowest BCUT2D eigenvalue weighted by molar-refractivity contribution is 0.112. The molecule has 0 aromatic heterocycles. The zero-order chi connectivity index (χ0) is 13.2. The van der Waals surface area contributed by atoms with Crippen molar-refractivity contribution in [3.8, 4) is 11.1 Å². The summed E-state index contributed by atoms with van der Waals surface area (Å²) >= 11 is 0. The van der Waals surface area contributed by atoms with Crippen molar-refractivity contribution in [2.45, 2.75) is 25.2 Å². The fourth-order valence-electron chi connectivity index (χ4n) is 2.64. The van der Waals surface area contributed by atoms with E-state index in [0.29, 0.717) is 17.0 Å². The molecule has 1 fully saturated rings. The third-order valence-electron chi connectivity index (χ3n) is 3.92. The zero-order valence-corrected chi connectivity index (χ0v) is 10.6. The monoisotopic (exact) mass is 254 g/mol. The fourth-order valence-corrected chi connectivity index (χ4v) is 2.64. The maximum atomic E-state index is 14.0. The molecule has 0 bridgehead atoms. The summed E-state index contributed by atoms with van der Waals surface area (Å²) in [5.41, 5.74) is 3.18. The zero-order valence-electron chi connectivity index (χ0n) is 10.6. The number of benzene rings is 2. The lowest BCUT2D eigenvalue weighted by atomic mass is 9.77. The van der Waals surface area contributed by atoms with Gasteiger partial charge >= 0.3 is 0 Å². The molecule has 1 nitrogen and oxygen atoms in total. The summed E-state index contributed by atoms with van der Waals surface area (Å²) < 4.78 is 14.0. The summed E-state index contributed by atoms with van der Waals surface area (Å²) in [4.78, 5) is 10.9. The minimum atomic E-state index is -0.266. The van der Waals surface area contributed by atoms with E-state index in [2.05, 4.69) is 6.07 Å². The van der Waals surface area contributed by atoms with Gasteiger partial charge in [0.25, 0.3) is 0 Å². The van der Waals surface area contributed by atoms with Gasteiger partial charge < -0.3 is 0 Å². The van der Waals surface area contributed by atoms with Gasteiger partial charge in [-0.05, 0) is 48.1 Å². The first-order valence-electron chi connectivity index (χ1n) is 6.63. The lowest BCUT2D eigenvalue weighted by Gasteiger charge is -2.28. The average molecular weight is 254 g/mol. The molecular formula is C17H15FO. The van der Waals surface area contributed by atoms with Crippen molar-refractivity contribution in [2.75, 3.05) is 0 Å². The van der Waals surface area contributed by atoms with E-state index in [1.807, 2.05) is 18.2 Å². The summed E-state index contributed by atoms with van der Waals surface area (Å²) in [6.45, 7) is 0. The SMILES string of the molecule is O=Cc1ccc(F)c(-c2ccccc2C2CCC2)c1. The molecule has 0 heterocycles. The van der Waals surface area contributed by atoms with Crippen LogP contribution in [0.5, 0.6) is 0 Å². The molecule has 3 rings (SSSR count). The molecule has 1 saturated carbocycles. The Morgan fingerprint density at radius 2 is 1.84 bits per heavy atom. The van der Waals surface area contributed by atoms with Gasteiger partial charge in [-0.15, -0.1) is 0 Å². The van der Waals surface area contributed by atoms with Crippen LogP contribution in [0, 0.1) is 5.82 Å². The van der Waals surface area contributed by atoms with E-state index in [-0.39, 0.29) is 5.82 Å². The van der Waals surface area contributed by atoms with Crippen LogP contribution in [-0.2, 0) is 0 Å². The van der Waals surface area contributed by atoms with Gasteiger partial charge in [0, 0.05) is 11.1 Å². The van der Waals surface area contributed by atoms with Gasteiger partial charge in [0.1, 0.15) is 12.1 Å². The first kappa shape index (κ1) is 12.1. The molecule has 0 amide bonds. The van der Waals surface area contributed by atoms with Crippen LogP contribution in [0.4, 0.5) is 4.39 Å². The standard InChI is InChI=1S/C17H15FO/c18-17-9-8-12(11-19)10-16(17)15-7-2-1-6-14(15)13-4-3-5-13/h1-2,6-11,13H,3-5H2. The largest absolute Gasteiger partial charge is 0.298 e. The highest BCUT2D eigenvalue weighted by atomic mass is 19.1. The van der Waals surface area contributed by atoms with Crippen LogP contribution in [0.3, 0.4) is 0 Å². The maximum Gasteiger partial charge on any atom is 0.150 e. The first-order valence-corrected chi connectivity index (χ1v) is 6.63. The molecule has 2 aromatic rings. The Labute approximate surface area is 112 Å². The van der Waals surface area contributed by atoms with Gasteiger partial charge in [-0.2, -0.15) is 0 Å². The Morgan fingerprint density at radius 3 is 2.53 bits per heavy atom. The predicted octanol–water partition coefficient (Wildman–Crippen LogP) is 4.57. The van der Waals surface area contributed by atoms with Crippen LogP contribution in [0.2, 0.25) is 0 Å². The lowest BCUT2D eigenvalue weighted by Crippen LogP contribution is -2.10. The molecule has 2 aromatic carbocycles. The van der Waals surface area contributed by atoms with Crippen molar-refractivity contribution in [3.05, 3.63) is 59.4 Å². The first-order chi connectivity index (χ1) is 9.29. The molecule has 96 valence electrons. The number of carbonyl (C=O) groups excluding carboxylic acids is 1. The molecule has 0 N–H and O–H groups in total. The minimum absolute atomic E-state index is 0.266. The van der Waals surface area contributed by atoms with Gasteiger partial charge in [-0.1, -0.05) is 30.7 Å². The van der Waals surface area contributed by atoms with Crippen molar-refractivity contribution >= 4 is 6.29 Å². The normalized spacial score (nSPS) is 15.0. The minimum Gasteiger partial charge on any atom is -0.298 e. The van der Waals surface area contributed by atoms with Gasteiger partial charge in [-0.3, -0.25) is 4.79 Å². The molecule has 0 radical (unpaired) electrons. The average Bonchev–Trinajstić information content (AvgIpc) is 2.38. The molecular weight excluding hydrogens is 239 g/mol. The van der Waals surface area contributed by atoms with E-state index in [1.165, 1.54) is 37.0 Å². The summed E-state index contributed by atoms with van der Waals surface area (Å²) in [5, 5.41) is 0. The summed E-state index contributed by atoms with van der Waals surface area (Å²) in [6, 6.07) is 12.5. The van der Waals surface area contributed by atoms with Crippen LogP contribution < -0.4 is 0 Å². The number of hydrogen-bond acceptors (Lipinski definition) is 1. The van der Waals surface area contributed by atoms with Gasteiger partial charge in [-0.25, -0.2) is 4.39 Å². The molecule has 1 aliphatic rings. The molecule has 0 aliphatic heterocycles. The molecule has 19 heavy (non-hydrogen) atoms. The topological polar surface area (TPSA) is 17.1 Å². The van der Waals surface area contributed by atoms with E-state index in [0.717, 1.165) is 11.8 Å². The Hall–Kier alpha value is -1.96. The predicted molar refractivity (Wildman–Crippen MR) is 73.8 cm³/mol. The van der Waals surface area contributed by atoms with E-state index in [1.54, 1.807) is 6.07 Å². The van der Waals surface area contributed by atoms with E-state index in [9.17, 15) is 9.18 Å². The molecule has 1 aliphatic carbocycles. The number of aldehydes is 1. The highest BCUT2D eigenvalue weighted by molar-refractivity contribution is 5.80. The number of hydrogen-bond donors (Lipinski definition) is 0. The quantitative estimate of drug-likeness (QED) is 0.733. The second-order valence-electron chi connectivity index (χ2n) is 5.07. The second kappa shape index (κ2) is 4.96. The Balaban J connectivity index is 2.13. The third kappa shape index (κ3) is 2.19. The van der Waals surface area contributed by atoms with Crippen molar-refractivity contribution in [2.24, 2.45) is 0 Å². The van der Waals surface area contributed by atoms with Crippen molar-refractivity contribution < 1.29 is 9.18 Å². The van der Waals surface area contributed by atoms with Gasteiger partial charge in [0.05, 0.1) is 0 Å². The van der Waals surface area contributed by atoms with E-state index >= 15 is 0 Å². The molecule has 0 saturated heterocycles. The molecule has 0 atom stereocenters. The van der Waals surface area contributed by atoms with Crippen molar-refractivity contribution in [1.29, 1.82) is 0 Å². The third-order valence-corrected chi connectivity index (χ3v) is 3.92. The van der Waals surface area contributed by atoms with Gasteiger partial charge in [0.2, 0.25) is 0 Å². The molecule has 2 heteroatoms. The Morgan fingerprint density at radius 1 is 1.05 bits per heavy atom. The molecule has 0 spiro atoms. The van der Waals surface area contributed by atoms with Gasteiger partial charge in [0.15, 0.2) is 0 Å². The highest BCUT2D eigenvalue weighted by Gasteiger charge is 2.23.